The van der Waals surface area contributed by atoms with Gasteiger partial charge in [-0.2, -0.15) is 0 Å². The smallest absolute Gasteiger partial charge is 0.131 e. The van der Waals surface area contributed by atoms with Crippen molar-refractivity contribution in [2.45, 2.75) is 19.9 Å². The van der Waals surface area contributed by atoms with Gasteiger partial charge in [0, 0.05) is 16.1 Å². The number of fused-ring (bicyclic) bond motifs is 1. The Hall–Kier alpha value is -2.66. The summed E-state index contributed by atoms with van der Waals surface area (Å²) in [4.78, 5) is 6.38. The number of methoxy groups -OCH3 is 1. The molecule has 2 aromatic rings. The molecule has 0 amide bonds. The maximum atomic E-state index is 8.46. The molecule has 0 saturated heterocycles. The number of anilines is 1. The lowest BCUT2D eigenvalue weighted by molar-refractivity contribution is 0.415. The summed E-state index contributed by atoms with van der Waals surface area (Å²) in [6.07, 6.45) is 0. The standard InChI is InChI=1S/C19H19ClN4O/c1-11-19(22)24(12(2)21)17-9-8-15(25-3)10-16(17)18(23-11)13-4-6-14(20)7-5-13/h4-11,21-22H,1-3H3/t11-/m0/s1. The first-order valence-corrected chi connectivity index (χ1v) is 8.26. The summed E-state index contributed by atoms with van der Waals surface area (Å²) in [7, 11) is 1.61. The molecule has 25 heavy (non-hydrogen) atoms. The Balaban J connectivity index is 2.28. The van der Waals surface area contributed by atoms with Gasteiger partial charge in [-0.25, -0.2) is 0 Å². The molecule has 0 fully saturated rings. The second kappa shape index (κ2) is 6.69. The molecule has 0 unspecified atom stereocenters. The molecular formula is C19H19ClN4O. The molecule has 0 bridgehead atoms. The second-order valence-corrected chi connectivity index (χ2v) is 6.29. The lowest BCUT2D eigenvalue weighted by Gasteiger charge is -2.25. The van der Waals surface area contributed by atoms with Gasteiger partial charge in [0.2, 0.25) is 0 Å². The first-order chi connectivity index (χ1) is 11.9. The Morgan fingerprint density at radius 1 is 1.20 bits per heavy atom. The third-order valence-electron chi connectivity index (χ3n) is 4.11. The molecule has 0 radical (unpaired) electrons. The lowest BCUT2D eigenvalue weighted by atomic mass is 9.99. The van der Waals surface area contributed by atoms with Gasteiger partial charge in [-0.3, -0.25) is 20.7 Å². The summed E-state index contributed by atoms with van der Waals surface area (Å²) in [6.45, 7) is 3.53. The number of ether oxygens (including phenoxy) is 1. The topological polar surface area (TPSA) is 72.5 Å². The van der Waals surface area contributed by atoms with Gasteiger partial charge < -0.3 is 4.74 Å². The average molecular weight is 355 g/mol. The van der Waals surface area contributed by atoms with Crippen molar-refractivity contribution in [3.63, 3.8) is 0 Å². The molecule has 5 nitrogen and oxygen atoms in total. The minimum Gasteiger partial charge on any atom is -0.497 e. The zero-order chi connectivity index (χ0) is 18.1. The number of amidine groups is 2. The number of halogens is 1. The largest absolute Gasteiger partial charge is 0.497 e. The molecule has 1 heterocycles. The highest BCUT2D eigenvalue weighted by Crippen LogP contribution is 2.32. The fourth-order valence-corrected chi connectivity index (χ4v) is 2.99. The molecule has 128 valence electrons. The highest BCUT2D eigenvalue weighted by atomic mass is 35.5. The van der Waals surface area contributed by atoms with Crippen molar-refractivity contribution in [3.05, 3.63) is 58.6 Å². The fourth-order valence-electron chi connectivity index (χ4n) is 2.87. The van der Waals surface area contributed by atoms with Gasteiger partial charge in [0.1, 0.15) is 23.5 Å². The highest BCUT2D eigenvalue weighted by Gasteiger charge is 2.28. The van der Waals surface area contributed by atoms with Gasteiger partial charge in [-0.15, -0.1) is 0 Å². The molecule has 6 heteroatoms. The van der Waals surface area contributed by atoms with Crippen LogP contribution >= 0.6 is 11.6 Å². The quantitative estimate of drug-likeness (QED) is 0.621. The summed E-state index contributed by atoms with van der Waals surface area (Å²) < 4.78 is 5.37. The van der Waals surface area contributed by atoms with E-state index in [9.17, 15) is 0 Å². The van der Waals surface area contributed by atoms with Crippen LogP contribution in [0.5, 0.6) is 5.75 Å². The van der Waals surface area contributed by atoms with Crippen LogP contribution in [0.3, 0.4) is 0 Å². The van der Waals surface area contributed by atoms with E-state index >= 15 is 0 Å². The van der Waals surface area contributed by atoms with Crippen molar-refractivity contribution in [2.24, 2.45) is 4.99 Å². The van der Waals surface area contributed by atoms with E-state index in [1.54, 1.807) is 18.9 Å². The van der Waals surface area contributed by atoms with Crippen molar-refractivity contribution in [3.8, 4) is 5.75 Å². The second-order valence-electron chi connectivity index (χ2n) is 5.85. The molecular weight excluding hydrogens is 336 g/mol. The third kappa shape index (κ3) is 3.15. The number of nitrogens with zero attached hydrogens (tertiary/aromatic N) is 2. The molecule has 0 spiro atoms. The van der Waals surface area contributed by atoms with Gasteiger partial charge in [-0.05, 0) is 44.2 Å². The zero-order valence-corrected chi connectivity index (χ0v) is 15.1. The van der Waals surface area contributed by atoms with Crippen molar-refractivity contribution in [1.29, 1.82) is 10.8 Å². The van der Waals surface area contributed by atoms with Gasteiger partial charge >= 0.3 is 0 Å². The van der Waals surface area contributed by atoms with Gasteiger partial charge in [0.05, 0.1) is 18.5 Å². The summed E-state index contributed by atoms with van der Waals surface area (Å²) in [5.74, 6) is 1.24. The number of aliphatic imine (C=N–C) groups is 1. The van der Waals surface area contributed by atoms with Crippen LogP contribution in [0.4, 0.5) is 5.69 Å². The zero-order valence-electron chi connectivity index (χ0n) is 14.3. The van der Waals surface area contributed by atoms with Crippen LogP contribution in [0.2, 0.25) is 5.02 Å². The lowest BCUT2D eigenvalue weighted by Crippen LogP contribution is -2.39. The molecule has 1 aliphatic rings. The van der Waals surface area contributed by atoms with Crippen LogP contribution in [0, 0.1) is 10.8 Å². The molecule has 3 rings (SSSR count). The van der Waals surface area contributed by atoms with Crippen LogP contribution < -0.4 is 9.64 Å². The Kier molecular flexibility index (Phi) is 4.59. The first-order valence-electron chi connectivity index (χ1n) is 7.88. The summed E-state index contributed by atoms with van der Waals surface area (Å²) >= 11 is 6.02. The van der Waals surface area contributed by atoms with Crippen molar-refractivity contribution in [1.82, 2.24) is 0 Å². The summed E-state index contributed by atoms with van der Waals surface area (Å²) in [5, 5.41) is 17.2. The van der Waals surface area contributed by atoms with E-state index in [0.29, 0.717) is 10.8 Å². The monoisotopic (exact) mass is 354 g/mol. The van der Waals surface area contributed by atoms with E-state index in [0.717, 1.165) is 22.5 Å². The van der Waals surface area contributed by atoms with E-state index < -0.39 is 0 Å². The Morgan fingerprint density at radius 2 is 1.88 bits per heavy atom. The number of hydrogen-bond donors (Lipinski definition) is 2. The minimum atomic E-state index is -0.385. The number of benzodiazepines with no additional fused rings is 1. The maximum Gasteiger partial charge on any atom is 0.131 e. The van der Waals surface area contributed by atoms with Gasteiger partial charge in [0.25, 0.3) is 0 Å². The Labute approximate surface area is 151 Å². The highest BCUT2D eigenvalue weighted by molar-refractivity contribution is 6.31. The van der Waals surface area contributed by atoms with Crippen LogP contribution in [-0.4, -0.2) is 30.5 Å². The summed E-state index contributed by atoms with van der Waals surface area (Å²) in [6, 6.07) is 12.7. The number of nitrogens with one attached hydrogen (secondary N) is 2. The van der Waals surface area contributed by atoms with E-state index in [1.807, 2.05) is 49.4 Å². The van der Waals surface area contributed by atoms with Crippen molar-refractivity contribution >= 4 is 34.7 Å². The summed E-state index contributed by atoms with van der Waals surface area (Å²) in [5.41, 5.74) is 3.23. The molecule has 1 atom stereocenters. The van der Waals surface area contributed by atoms with E-state index in [2.05, 4.69) is 0 Å². The number of hydrogen-bond acceptors (Lipinski definition) is 4. The predicted octanol–water partition coefficient (Wildman–Crippen LogP) is 4.37. The maximum absolute atomic E-state index is 8.46. The SMILES string of the molecule is COc1ccc2c(c1)C(c1ccc(Cl)cc1)=N[C@@H](C)C(=N)N2C(C)=N. The number of rotatable bonds is 2. The number of benzene rings is 2. The molecule has 0 aromatic heterocycles. The van der Waals surface area contributed by atoms with Gasteiger partial charge in [-0.1, -0.05) is 23.7 Å². The van der Waals surface area contributed by atoms with Crippen LogP contribution in [0.25, 0.3) is 0 Å². The molecule has 0 aliphatic carbocycles. The Morgan fingerprint density at radius 3 is 2.48 bits per heavy atom. The average Bonchev–Trinajstić information content (AvgIpc) is 2.70. The van der Waals surface area contributed by atoms with E-state index in [4.69, 9.17) is 32.1 Å². The van der Waals surface area contributed by atoms with Gasteiger partial charge in [0.15, 0.2) is 0 Å². The normalized spacial score (nSPS) is 16.8. The molecule has 2 N–H and O–H groups in total. The van der Waals surface area contributed by atoms with E-state index in [-0.39, 0.29) is 17.7 Å². The fraction of sp³-hybridized carbons (Fsp3) is 0.211. The Bertz CT molecular complexity index is 873. The molecule has 1 aliphatic heterocycles. The van der Waals surface area contributed by atoms with Crippen molar-refractivity contribution < 1.29 is 4.74 Å². The minimum absolute atomic E-state index is 0.267. The van der Waals surface area contributed by atoms with Crippen LogP contribution in [0.1, 0.15) is 25.0 Å². The predicted molar refractivity (Wildman–Crippen MR) is 103 cm³/mol. The first kappa shape index (κ1) is 17.2. The third-order valence-corrected chi connectivity index (χ3v) is 4.36. The van der Waals surface area contributed by atoms with Crippen molar-refractivity contribution in [2.75, 3.05) is 12.0 Å². The molecule has 0 saturated carbocycles. The van der Waals surface area contributed by atoms with E-state index in [1.165, 1.54) is 0 Å². The van der Waals surface area contributed by atoms with Crippen LogP contribution in [-0.2, 0) is 0 Å². The molecule has 2 aromatic carbocycles. The van der Waals surface area contributed by atoms with Crippen LogP contribution in [0.15, 0.2) is 47.5 Å².